The number of hydrogen-bond donors (Lipinski definition) is 3. The Kier molecular flexibility index (Phi) is 16.9. The molecule has 3 N–H and O–H groups in total. The van der Waals surface area contributed by atoms with Gasteiger partial charge in [0.15, 0.2) is 0 Å². The number of anilines is 2. The van der Waals surface area contributed by atoms with Crippen molar-refractivity contribution in [3.63, 3.8) is 0 Å². The lowest BCUT2D eigenvalue weighted by Gasteiger charge is -2.68. The third-order valence-electron chi connectivity index (χ3n) is 25.8. The minimum absolute atomic E-state index is 0.0211. The molecule has 0 radical (unpaired) electrons. The number of amides is 2. The smallest absolute Gasteiger partial charge is 0.311 e. The molecule has 0 saturated heterocycles. The Hall–Kier alpha value is -7.69. The highest BCUT2D eigenvalue weighted by Gasteiger charge is 2.77. The fourth-order valence-electron chi connectivity index (χ4n) is 19.8. The molecular formula is C79H82Cl4N4O17. The zero-order valence-corrected chi connectivity index (χ0v) is 61.7. The van der Waals surface area contributed by atoms with Crippen molar-refractivity contribution in [1.29, 1.82) is 0 Å². The fourth-order valence-corrected chi connectivity index (χ4v) is 20.9. The number of carboxylic acid groups (broad SMARTS) is 1. The number of carboxylic acids is 1. The van der Waals surface area contributed by atoms with Crippen LogP contribution in [-0.4, -0.2) is 104 Å². The minimum Gasteiger partial charge on any atom is -0.489 e. The van der Waals surface area contributed by atoms with Gasteiger partial charge in [0.25, 0.3) is 0 Å². The Morgan fingerprint density at radius 1 is 0.538 bits per heavy atom. The van der Waals surface area contributed by atoms with Gasteiger partial charge in [-0.2, -0.15) is 0 Å². The van der Waals surface area contributed by atoms with Crippen LogP contribution < -0.4 is 19.7 Å². The maximum atomic E-state index is 13.6. The molecule has 16 saturated carbocycles. The highest BCUT2D eigenvalue weighted by molar-refractivity contribution is 6.40. The number of nitrogens with zero attached hydrogens (tertiary/aromatic N) is 3. The van der Waals surface area contributed by atoms with Crippen molar-refractivity contribution >= 4 is 99.4 Å². The van der Waals surface area contributed by atoms with E-state index >= 15 is 0 Å². The van der Waals surface area contributed by atoms with Crippen LogP contribution in [-0.2, 0) is 76.6 Å². The van der Waals surface area contributed by atoms with Gasteiger partial charge in [0.05, 0.1) is 97.6 Å². The first-order valence-corrected chi connectivity index (χ1v) is 37.5. The van der Waals surface area contributed by atoms with Crippen LogP contribution in [0, 0.1) is 43.3 Å². The number of rotatable bonds is 19. The summed E-state index contributed by atoms with van der Waals surface area (Å²) in [7, 11) is 5.68. The molecule has 18 aliphatic rings. The minimum atomic E-state index is -0.699. The molecule has 0 atom stereocenters. The average Bonchev–Trinajstić information content (AvgIpc) is 1.34. The van der Waals surface area contributed by atoms with E-state index in [0.29, 0.717) is 117 Å². The zero-order valence-electron chi connectivity index (χ0n) is 58.6. The van der Waals surface area contributed by atoms with Crippen LogP contribution in [0.3, 0.4) is 0 Å². The predicted octanol–water partition coefficient (Wildman–Crippen LogP) is 15.4. The third-order valence-corrected chi connectivity index (χ3v) is 27.0. The summed E-state index contributed by atoms with van der Waals surface area (Å²) in [6, 6.07) is 22.4. The van der Waals surface area contributed by atoms with Gasteiger partial charge >= 0.3 is 29.8 Å². The predicted molar refractivity (Wildman–Crippen MR) is 380 cm³/mol. The van der Waals surface area contributed by atoms with Gasteiger partial charge in [0, 0.05) is 47.5 Å². The number of aliphatic hydroxyl groups is 1. The number of methoxy groups -OCH3 is 4. The summed E-state index contributed by atoms with van der Waals surface area (Å²) in [6.07, 6.45) is 18.5. The molecule has 4 heterocycles. The Morgan fingerprint density at radius 2 is 0.942 bits per heavy atom. The molecule has 25 heteroatoms. The van der Waals surface area contributed by atoms with E-state index in [1.54, 1.807) is 36.4 Å². The molecule has 104 heavy (non-hydrogen) atoms. The van der Waals surface area contributed by atoms with Crippen LogP contribution in [0.2, 0.25) is 20.1 Å². The average molecular weight is 1500 g/mol. The van der Waals surface area contributed by atoms with E-state index in [9.17, 15) is 38.7 Å². The van der Waals surface area contributed by atoms with E-state index < -0.39 is 16.8 Å². The second-order valence-electron chi connectivity index (χ2n) is 32.8. The lowest BCUT2D eigenvalue weighted by Crippen LogP contribution is -2.69. The standard InChI is InChI=1S/C30H26Cl2N2O5.C23H18Cl2N2O3.C9H12O4.C9H14O2.C8H12O3/c31-20-2-1-3-21(32)23(20)24-18(25(39-33-24)16-4-5-16)11-38-17-6-7-22-19(10-17)30(8-9-30)26(35)34(22)15-28-12-29(13-28,14-28)27(36)37;24-16-2-1-3-17(25)19(16)20-14(21(30-27-20)12-4-5-12)11-29-13-6-7-18-15(10-13)23(8-9-23)22(28)26-18;1-12-6(10)8-3-9(4-8,5-8)7(11)13-2;1-3-8-4-9(5-8,6-8)7(10)11-2;1-11-6(10)8-2-7(3-8,4-8)5-9/h1-3,6-7,10,16H,4-5,8-9,11-15H2,(H,36,37);1-3,6-7,10,12H,4-5,8-9,11H2,(H,26,28);3-5H2,1-2H3;3-6H2,1-2H3;9H,2-5H2,1H3. The summed E-state index contributed by atoms with van der Waals surface area (Å²) in [4.78, 5) is 84.1. The van der Waals surface area contributed by atoms with Crippen molar-refractivity contribution in [1.82, 2.24) is 10.3 Å². The lowest BCUT2D eigenvalue weighted by molar-refractivity contribution is -0.236. The molecule has 16 fully saturated rings. The van der Waals surface area contributed by atoms with E-state index in [-0.39, 0.29) is 86.8 Å². The molecule has 21 nitrogen and oxygen atoms in total. The van der Waals surface area contributed by atoms with Crippen LogP contribution in [0.4, 0.5) is 11.4 Å². The molecular weight excluding hydrogens is 1420 g/mol. The van der Waals surface area contributed by atoms with E-state index in [1.165, 1.54) is 34.9 Å². The van der Waals surface area contributed by atoms with Crippen LogP contribution in [0.15, 0.2) is 81.8 Å². The maximum Gasteiger partial charge on any atom is 0.311 e. The Morgan fingerprint density at radius 3 is 1.34 bits per heavy atom. The third kappa shape index (κ3) is 11.2. The van der Waals surface area contributed by atoms with Crippen LogP contribution in [0.5, 0.6) is 11.5 Å². The molecule has 6 aromatic rings. The van der Waals surface area contributed by atoms with E-state index in [4.69, 9.17) is 74.8 Å². The summed E-state index contributed by atoms with van der Waals surface area (Å²) in [5, 5.41) is 32.1. The number of carbonyl (C=O) groups excluding carboxylic acids is 6. The Balaban J connectivity index is 0.000000111. The molecule has 24 rings (SSSR count). The van der Waals surface area contributed by atoms with Crippen molar-refractivity contribution in [3.05, 3.63) is 127 Å². The molecule has 0 unspecified atom stereocenters. The van der Waals surface area contributed by atoms with Crippen molar-refractivity contribution < 1.29 is 81.2 Å². The van der Waals surface area contributed by atoms with Crippen LogP contribution in [0.1, 0.15) is 187 Å². The number of ether oxygens (including phenoxy) is 6. The van der Waals surface area contributed by atoms with Gasteiger partial charge in [0.2, 0.25) is 11.8 Å². The number of nitrogens with one attached hydrogen (secondary N) is 1. The SMILES string of the molecule is CCC12CC(C(=O)OC)(C1)C2.COC(=O)C12CC(C(=O)OC)(C1)C2.COC(=O)C12CC(CO)(C1)C2.O=C(O)C12CC(CN3C(=O)C4(CC4)c4cc(OCc5c(-c6c(Cl)cccc6Cl)noc5C5CC5)ccc43)(C1)C2.O=C1Nc2ccc(OCc3c(-c4c(Cl)cccc4Cl)noc3C3CC3)cc2C12CC2. The first-order valence-electron chi connectivity index (χ1n) is 35.9. The summed E-state index contributed by atoms with van der Waals surface area (Å²) < 4.78 is 42.7. The van der Waals surface area contributed by atoms with Gasteiger partial charge < -0.3 is 57.9 Å². The van der Waals surface area contributed by atoms with E-state index in [1.807, 2.05) is 41.3 Å². The van der Waals surface area contributed by atoms with E-state index in [2.05, 4.69) is 36.8 Å². The number of benzene rings is 4. The van der Waals surface area contributed by atoms with Crippen molar-refractivity contribution in [3.8, 4) is 34.0 Å². The number of fused-ring (bicyclic) bond motifs is 4. The number of aromatic nitrogens is 2. The van der Waals surface area contributed by atoms with Gasteiger partial charge in [-0.15, -0.1) is 0 Å². The van der Waals surface area contributed by atoms with Gasteiger partial charge in [0.1, 0.15) is 47.6 Å². The number of halogens is 4. The monoisotopic (exact) mass is 1500 g/mol. The van der Waals surface area contributed by atoms with Crippen LogP contribution in [0.25, 0.3) is 22.5 Å². The van der Waals surface area contributed by atoms with Gasteiger partial charge in [-0.3, -0.25) is 33.6 Å². The van der Waals surface area contributed by atoms with Gasteiger partial charge in [-0.25, -0.2) is 0 Å². The highest BCUT2D eigenvalue weighted by atomic mass is 35.5. The molecule has 4 aromatic carbocycles. The zero-order chi connectivity index (χ0) is 73.1. The quantitative estimate of drug-likeness (QED) is 0.0502. The molecule has 2 spiro atoms. The molecule has 16 aliphatic carbocycles. The van der Waals surface area contributed by atoms with Gasteiger partial charge in [-0.1, -0.05) is 82.2 Å². The summed E-state index contributed by atoms with van der Waals surface area (Å²) >= 11 is 25.9. The number of carbonyl (C=O) groups is 7. The van der Waals surface area contributed by atoms with E-state index in [0.717, 1.165) is 141 Å². The summed E-state index contributed by atoms with van der Waals surface area (Å²) in [6.45, 7) is 3.57. The number of aliphatic carboxylic acids is 1. The Bertz CT molecular complexity index is 4430. The molecule has 2 aliphatic heterocycles. The first kappa shape index (κ1) is 70.6. The topological polar surface area (TPSA) is 283 Å². The van der Waals surface area contributed by atoms with Gasteiger partial charge in [-0.05, 0) is 216 Å². The second kappa shape index (κ2) is 25.0. The van der Waals surface area contributed by atoms with Crippen LogP contribution >= 0.6 is 46.4 Å². The fraction of sp³-hybridized carbons (Fsp3) is 0.532. The van der Waals surface area contributed by atoms with Crippen molar-refractivity contribution in [2.45, 2.75) is 178 Å². The second-order valence-corrected chi connectivity index (χ2v) is 34.4. The molecule has 2 amide bonds. The van der Waals surface area contributed by atoms with Crippen molar-refractivity contribution in [2.75, 3.05) is 51.8 Å². The molecule has 8 bridgehead atoms. The largest absolute Gasteiger partial charge is 0.489 e. The summed E-state index contributed by atoms with van der Waals surface area (Å²) in [5.41, 5.74) is 6.49. The summed E-state index contributed by atoms with van der Waals surface area (Å²) in [5.74, 6) is 2.87. The lowest BCUT2D eigenvalue weighted by atomic mass is 9.34. The molecule has 548 valence electrons. The Labute approximate surface area is 620 Å². The number of esters is 4. The number of hydrogen-bond acceptors (Lipinski definition) is 18. The normalized spacial score (nSPS) is 30.2. The highest BCUT2D eigenvalue weighted by Crippen LogP contribution is 2.77. The molecule has 2 aromatic heterocycles. The maximum absolute atomic E-state index is 13.6. The first-order chi connectivity index (χ1) is 49.7. The van der Waals surface area contributed by atoms with Crippen molar-refractivity contribution in [2.24, 2.45) is 43.3 Å². The number of aliphatic hydroxyl groups excluding tert-OH is 1.